The van der Waals surface area contributed by atoms with Gasteiger partial charge in [0.2, 0.25) is 5.91 Å². The summed E-state index contributed by atoms with van der Waals surface area (Å²) in [7, 11) is -3.64. The van der Waals surface area contributed by atoms with E-state index in [0.717, 1.165) is 30.2 Å². The Balaban J connectivity index is 1.53. The Morgan fingerprint density at radius 2 is 2.04 bits per heavy atom. The molecule has 1 aliphatic heterocycles. The molecule has 0 saturated carbocycles. The molecule has 0 aromatic carbocycles. The number of carbonyl (C=O) groups excluding carboxylic acids is 1. The lowest BCUT2D eigenvalue weighted by molar-refractivity contribution is -0.115. The molecule has 1 saturated heterocycles. The van der Waals surface area contributed by atoms with Crippen molar-refractivity contribution in [2.45, 2.75) is 17.1 Å². The summed E-state index contributed by atoms with van der Waals surface area (Å²) in [5, 5.41) is 4.30. The van der Waals surface area contributed by atoms with Crippen molar-refractivity contribution in [1.82, 2.24) is 9.71 Å². The standard InChI is InChI=1S/C15H18N4O3S2/c20-14(11-17-24(21,22)15-4-3-9-23-15)18-12-5-6-13(16-10-12)19-7-1-2-8-19/h3-6,9-10,17H,1-2,7-8,11H2,(H,18,20). The van der Waals surface area contributed by atoms with E-state index in [2.05, 4.69) is 19.9 Å². The van der Waals surface area contributed by atoms with Crippen molar-refractivity contribution in [2.24, 2.45) is 0 Å². The highest BCUT2D eigenvalue weighted by atomic mass is 32.2. The van der Waals surface area contributed by atoms with Gasteiger partial charge in [-0.15, -0.1) is 11.3 Å². The number of sulfonamides is 1. The van der Waals surface area contributed by atoms with E-state index in [9.17, 15) is 13.2 Å². The molecule has 0 bridgehead atoms. The molecule has 2 aromatic heterocycles. The SMILES string of the molecule is O=C(CNS(=O)(=O)c1cccs1)Nc1ccc(N2CCCC2)nc1. The quantitative estimate of drug-likeness (QED) is 0.811. The van der Waals surface area contributed by atoms with Crippen molar-refractivity contribution >= 4 is 38.8 Å². The predicted octanol–water partition coefficient (Wildman–Crippen LogP) is 1.66. The number of pyridine rings is 1. The van der Waals surface area contributed by atoms with Gasteiger partial charge < -0.3 is 10.2 Å². The summed E-state index contributed by atoms with van der Waals surface area (Å²) in [6, 6.07) is 6.77. The summed E-state index contributed by atoms with van der Waals surface area (Å²) in [6.07, 6.45) is 3.93. The molecule has 0 unspecified atom stereocenters. The van der Waals surface area contributed by atoms with E-state index in [1.165, 1.54) is 18.9 Å². The second kappa shape index (κ2) is 7.29. The molecule has 7 nitrogen and oxygen atoms in total. The molecule has 2 N–H and O–H groups in total. The van der Waals surface area contributed by atoms with Gasteiger partial charge in [0.25, 0.3) is 10.0 Å². The molecule has 3 heterocycles. The van der Waals surface area contributed by atoms with Crippen LogP contribution >= 0.6 is 11.3 Å². The van der Waals surface area contributed by atoms with E-state index in [0.29, 0.717) is 5.69 Å². The minimum Gasteiger partial charge on any atom is -0.357 e. The van der Waals surface area contributed by atoms with E-state index >= 15 is 0 Å². The van der Waals surface area contributed by atoms with Crippen molar-refractivity contribution < 1.29 is 13.2 Å². The second-order valence-corrected chi connectivity index (χ2v) is 8.35. The van der Waals surface area contributed by atoms with Gasteiger partial charge in [0.1, 0.15) is 10.0 Å². The molecule has 1 aliphatic rings. The number of hydrogen-bond donors (Lipinski definition) is 2. The van der Waals surface area contributed by atoms with Gasteiger partial charge in [-0.2, -0.15) is 0 Å². The lowest BCUT2D eigenvalue weighted by Crippen LogP contribution is -2.32. The summed E-state index contributed by atoms with van der Waals surface area (Å²) in [5.41, 5.74) is 0.540. The van der Waals surface area contributed by atoms with Crippen molar-refractivity contribution in [2.75, 3.05) is 29.9 Å². The molecule has 1 amide bonds. The molecule has 2 aromatic rings. The first kappa shape index (κ1) is 16.9. The third-order valence-corrected chi connectivity index (χ3v) is 6.44. The fourth-order valence-corrected chi connectivity index (χ4v) is 4.47. The Morgan fingerprint density at radius 1 is 1.25 bits per heavy atom. The summed E-state index contributed by atoms with van der Waals surface area (Å²) < 4.78 is 26.4. The molecule has 128 valence electrons. The number of thiophene rings is 1. The smallest absolute Gasteiger partial charge is 0.250 e. The number of aromatic nitrogens is 1. The maximum Gasteiger partial charge on any atom is 0.250 e. The van der Waals surface area contributed by atoms with Crippen LogP contribution in [0.25, 0.3) is 0 Å². The first-order valence-corrected chi connectivity index (χ1v) is 9.95. The summed E-state index contributed by atoms with van der Waals surface area (Å²) in [6.45, 7) is 1.68. The molecule has 0 radical (unpaired) electrons. The van der Waals surface area contributed by atoms with Crippen LogP contribution in [0.15, 0.2) is 40.1 Å². The van der Waals surface area contributed by atoms with Gasteiger partial charge in [0.05, 0.1) is 18.4 Å². The van der Waals surface area contributed by atoms with E-state index in [1.807, 2.05) is 6.07 Å². The molecule has 9 heteroatoms. The summed E-state index contributed by atoms with van der Waals surface area (Å²) in [4.78, 5) is 18.4. The number of hydrogen-bond acceptors (Lipinski definition) is 6. The zero-order valence-electron chi connectivity index (χ0n) is 12.9. The summed E-state index contributed by atoms with van der Waals surface area (Å²) in [5.74, 6) is 0.453. The van der Waals surface area contributed by atoms with Crippen LogP contribution in [0.3, 0.4) is 0 Å². The normalized spacial score (nSPS) is 14.8. The first-order chi connectivity index (χ1) is 11.5. The topological polar surface area (TPSA) is 91.4 Å². The van der Waals surface area contributed by atoms with Crippen molar-refractivity contribution in [1.29, 1.82) is 0 Å². The van der Waals surface area contributed by atoms with Crippen LogP contribution in [0.1, 0.15) is 12.8 Å². The number of amides is 1. The monoisotopic (exact) mass is 366 g/mol. The van der Waals surface area contributed by atoms with Gasteiger partial charge in [-0.25, -0.2) is 18.1 Å². The fourth-order valence-electron chi connectivity index (χ4n) is 2.45. The highest BCUT2D eigenvalue weighted by molar-refractivity contribution is 7.91. The highest BCUT2D eigenvalue weighted by Crippen LogP contribution is 2.19. The average Bonchev–Trinajstić information content (AvgIpc) is 3.27. The van der Waals surface area contributed by atoms with Gasteiger partial charge in [-0.3, -0.25) is 4.79 Å². The molecule has 0 aliphatic carbocycles. The molecular formula is C15H18N4O3S2. The van der Waals surface area contributed by atoms with E-state index in [1.54, 1.807) is 23.7 Å². The zero-order chi connectivity index (χ0) is 17.0. The molecular weight excluding hydrogens is 348 g/mol. The van der Waals surface area contributed by atoms with Crippen LogP contribution in [-0.4, -0.2) is 38.9 Å². The maximum atomic E-state index is 11.9. The predicted molar refractivity (Wildman–Crippen MR) is 93.8 cm³/mol. The van der Waals surface area contributed by atoms with Crippen LogP contribution in [0.4, 0.5) is 11.5 Å². The largest absolute Gasteiger partial charge is 0.357 e. The fraction of sp³-hybridized carbons (Fsp3) is 0.333. The number of carbonyl (C=O) groups is 1. The van der Waals surface area contributed by atoms with Gasteiger partial charge >= 0.3 is 0 Å². The van der Waals surface area contributed by atoms with Gasteiger partial charge in [0, 0.05) is 13.1 Å². The van der Waals surface area contributed by atoms with Crippen LogP contribution < -0.4 is 14.9 Å². The Bertz CT molecular complexity index is 783. The number of rotatable bonds is 6. The Hall–Kier alpha value is -1.97. The Morgan fingerprint density at radius 3 is 2.67 bits per heavy atom. The molecule has 1 fully saturated rings. The first-order valence-electron chi connectivity index (χ1n) is 7.59. The van der Waals surface area contributed by atoms with Crippen LogP contribution in [-0.2, 0) is 14.8 Å². The third-order valence-electron chi connectivity index (χ3n) is 3.64. The maximum absolute atomic E-state index is 11.9. The van der Waals surface area contributed by atoms with E-state index < -0.39 is 15.9 Å². The van der Waals surface area contributed by atoms with Gasteiger partial charge in [-0.05, 0) is 36.4 Å². The van der Waals surface area contributed by atoms with Crippen molar-refractivity contribution in [3.63, 3.8) is 0 Å². The molecule has 0 spiro atoms. The Labute approximate surface area is 144 Å². The van der Waals surface area contributed by atoms with Crippen LogP contribution in [0.5, 0.6) is 0 Å². The minimum atomic E-state index is -3.64. The molecule has 3 rings (SSSR count). The third kappa shape index (κ3) is 4.11. The van der Waals surface area contributed by atoms with E-state index in [-0.39, 0.29) is 10.8 Å². The van der Waals surface area contributed by atoms with Gasteiger partial charge in [0.15, 0.2) is 0 Å². The second-order valence-electron chi connectivity index (χ2n) is 5.40. The summed E-state index contributed by atoms with van der Waals surface area (Å²) >= 11 is 1.10. The molecule has 24 heavy (non-hydrogen) atoms. The number of nitrogens with one attached hydrogen (secondary N) is 2. The highest BCUT2D eigenvalue weighted by Gasteiger charge is 2.17. The van der Waals surface area contributed by atoms with Gasteiger partial charge in [-0.1, -0.05) is 6.07 Å². The zero-order valence-corrected chi connectivity index (χ0v) is 14.6. The van der Waals surface area contributed by atoms with E-state index in [4.69, 9.17) is 0 Å². The lowest BCUT2D eigenvalue weighted by Gasteiger charge is -2.16. The van der Waals surface area contributed by atoms with Crippen molar-refractivity contribution in [3.8, 4) is 0 Å². The lowest BCUT2D eigenvalue weighted by atomic mass is 10.3. The van der Waals surface area contributed by atoms with Crippen LogP contribution in [0.2, 0.25) is 0 Å². The number of nitrogens with zero attached hydrogens (tertiary/aromatic N) is 2. The Kier molecular flexibility index (Phi) is 5.12. The minimum absolute atomic E-state index is 0.187. The molecule has 0 atom stereocenters. The van der Waals surface area contributed by atoms with Crippen molar-refractivity contribution in [3.05, 3.63) is 35.8 Å². The average molecular weight is 366 g/mol. The van der Waals surface area contributed by atoms with Crippen LogP contribution in [0, 0.1) is 0 Å². The number of anilines is 2.